The van der Waals surface area contributed by atoms with Gasteiger partial charge in [0.05, 0.1) is 16.9 Å². The van der Waals surface area contributed by atoms with Crippen molar-refractivity contribution < 1.29 is 9.59 Å². The molecule has 30 heavy (non-hydrogen) atoms. The summed E-state index contributed by atoms with van der Waals surface area (Å²) in [6.07, 6.45) is 0. The first-order chi connectivity index (χ1) is 14.5. The van der Waals surface area contributed by atoms with Crippen molar-refractivity contribution in [3.05, 3.63) is 94.8 Å². The number of fused-ring (bicyclic) bond motifs is 1. The van der Waals surface area contributed by atoms with Crippen LogP contribution in [0.5, 0.6) is 0 Å². The number of nitrogens with zero attached hydrogens (tertiary/aromatic N) is 2. The van der Waals surface area contributed by atoms with Gasteiger partial charge >= 0.3 is 0 Å². The van der Waals surface area contributed by atoms with Gasteiger partial charge in [-0.05, 0) is 29.0 Å². The average molecular weight is 398 g/mol. The van der Waals surface area contributed by atoms with Crippen LogP contribution in [0.1, 0.15) is 10.4 Å². The highest BCUT2D eigenvalue weighted by Gasteiger charge is 2.13. The summed E-state index contributed by atoms with van der Waals surface area (Å²) >= 11 is 0. The van der Waals surface area contributed by atoms with E-state index in [0.717, 1.165) is 21.0 Å². The lowest BCUT2D eigenvalue weighted by molar-refractivity contribution is -0.117. The molecule has 0 aliphatic carbocycles. The fourth-order valence-electron chi connectivity index (χ4n) is 3.29. The molecule has 0 saturated heterocycles. The number of nitrogens with one attached hydrogen (secondary N) is 1. The third kappa shape index (κ3) is 3.81. The molecular weight excluding hydrogens is 380 g/mol. The smallest absolute Gasteiger partial charge is 0.267 e. The van der Waals surface area contributed by atoms with Gasteiger partial charge in [-0.1, -0.05) is 54.6 Å². The number of carbonyl (C=O) groups excluding carboxylic acids is 2. The molecule has 0 bridgehead atoms. The second-order valence-corrected chi connectivity index (χ2v) is 6.70. The van der Waals surface area contributed by atoms with Crippen LogP contribution in [0.2, 0.25) is 0 Å². The van der Waals surface area contributed by atoms with Crippen LogP contribution >= 0.6 is 0 Å². The highest BCUT2D eigenvalue weighted by Crippen LogP contribution is 2.26. The molecule has 4 aromatic rings. The molecule has 2 amide bonds. The van der Waals surface area contributed by atoms with Gasteiger partial charge in [-0.25, -0.2) is 4.68 Å². The van der Waals surface area contributed by atoms with Crippen LogP contribution in [0.3, 0.4) is 0 Å². The number of rotatable bonds is 5. The Morgan fingerprint density at radius 3 is 2.47 bits per heavy atom. The SMILES string of the molecule is NC(=O)c1ccccc1NC(=O)Cn1nc(-c2cccc3ccccc23)ccc1=O. The number of hydrogen-bond acceptors (Lipinski definition) is 4. The van der Waals surface area contributed by atoms with Gasteiger partial charge in [-0.3, -0.25) is 14.4 Å². The number of aromatic nitrogens is 2. The van der Waals surface area contributed by atoms with E-state index < -0.39 is 17.4 Å². The number of nitrogens with two attached hydrogens (primary N) is 1. The predicted octanol–water partition coefficient (Wildman–Crippen LogP) is 2.80. The minimum Gasteiger partial charge on any atom is -0.366 e. The Labute approximate surface area is 171 Å². The van der Waals surface area contributed by atoms with E-state index in [0.29, 0.717) is 5.69 Å². The molecule has 3 N–H and O–H groups in total. The molecule has 0 fully saturated rings. The number of amides is 2. The number of para-hydroxylation sites is 1. The van der Waals surface area contributed by atoms with E-state index in [-0.39, 0.29) is 17.8 Å². The fourth-order valence-corrected chi connectivity index (χ4v) is 3.29. The van der Waals surface area contributed by atoms with Crippen LogP contribution in [0.25, 0.3) is 22.0 Å². The van der Waals surface area contributed by atoms with Gasteiger partial charge in [-0.15, -0.1) is 0 Å². The van der Waals surface area contributed by atoms with E-state index in [4.69, 9.17) is 5.73 Å². The molecule has 7 heteroatoms. The van der Waals surface area contributed by atoms with Crippen LogP contribution in [-0.2, 0) is 11.3 Å². The Bertz CT molecular complexity index is 1320. The van der Waals surface area contributed by atoms with Crippen LogP contribution < -0.4 is 16.6 Å². The molecule has 1 heterocycles. The van der Waals surface area contributed by atoms with Crippen molar-refractivity contribution in [1.29, 1.82) is 0 Å². The molecule has 0 unspecified atom stereocenters. The molecule has 0 spiro atoms. The summed E-state index contributed by atoms with van der Waals surface area (Å²) in [6.45, 7) is -0.301. The van der Waals surface area contributed by atoms with E-state index in [1.807, 2.05) is 42.5 Å². The Balaban J connectivity index is 1.64. The average Bonchev–Trinajstić information content (AvgIpc) is 2.75. The number of carbonyl (C=O) groups is 2. The van der Waals surface area contributed by atoms with Crippen molar-refractivity contribution in [3.8, 4) is 11.3 Å². The van der Waals surface area contributed by atoms with E-state index in [1.165, 1.54) is 12.1 Å². The monoisotopic (exact) mass is 398 g/mol. The third-order valence-electron chi connectivity index (χ3n) is 4.69. The largest absolute Gasteiger partial charge is 0.366 e. The van der Waals surface area contributed by atoms with Crippen LogP contribution in [0.4, 0.5) is 5.69 Å². The van der Waals surface area contributed by atoms with Crippen molar-refractivity contribution in [1.82, 2.24) is 9.78 Å². The molecule has 148 valence electrons. The van der Waals surface area contributed by atoms with Crippen molar-refractivity contribution in [2.75, 3.05) is 5.32 Å². The van der Waals surface area contributed by atoms with Gasteiger partial charge in [-0.2, -0.15) is 5.10 Å². The maximum atomic E-state index is 12.5. The Kier molecular flexibility index (Phi) is 5.09. The molecule has 0 saturated carbocycles. The minimum atomic E-state index is -0.654. The van der Waals surface area contributed by atoms with Gasteiger partial charge in [0.15, 0.2) is 0 Å². The summed E-state index contributed by atoms with van der Waals surface area (Å²) in [5, 5.41) is 9.05. The molecule has 0 radical (unpaired) electrons. The Morgan fingerprint density at radius 2 is 1.63 bits per heavy atom. The first-order valence-electron chi connectivity index (χ1n) is 9.28. The number of benzene rings is 3. The summed E-state index contributed by atoms with van der Waals surface area (Å²) in [5.74, 6) is -1.15. The third-order valence-corrected chi connectivity index (χ3v) is 4.69. The van der Waals surface area contributed by atoms with Gasteiger partial charge in [0.2, 0.25) is 5.91 Å². The van der Waals surface area contributed by atoms with E-state index in [2.05, 4.69) is 10.4 Å². The summed E-state index contributed by atoms with van der Waals surface area (Å²) in [6, 6.07) is 23.1. The lowest BCUT2D eigenvalue weighted by Gasteiger charge is -2.11. The first kappa shape index (κ1) is 19.1. The van der Waals surface area contributed by atoms with Crippen molar-refractivity contribution in [2.45, 2.75) is 6.54 Å². The Hall–Kier alpha value is -4.26. The highest BCUT2D eigenvalue weighted by atomic mass is 16.2. The zero-order chi connectivity index (χ0) is 21.1. The van der Waals surface area contributed by atoms with E-state index in [9.17, 15) is 14.4 Å². The Morgan fingerprint density at radius 1 is 0.900 bits per heavy atom. The van der Waals surface area contributed by atoms with Crippen molar-refractivity contribution in [2.24, 2.45) is 5.73 Å². The topological polar surface area (TPSA) is 107 Å². The van der Waals surface area contributed by atoms with Crippen LogP contribution in [0.15, 0.2) is 83.7 Å². The molecule has 7 nitrogen and oxygen atoms in total. The first-order valence-corrected chi connectivity index (χ1v) is 9.28. The zero-order valence-electron chi connectivity index (χ0n) is 15.9. The molecule has 4 rings (SSSR count). The lowest BCUT2D eigenvalue weighted by Crippen LogP contribution is -2.30. The molecular formula is C23H18N4O3. The summed E-state index contributed by atoms with van der Waals surface area (Å²) in [5.41, 5.74) is 6.85. The maximum absolute atomic E-state index is 12.5. The summed E-state index contributed by atoms with van der Waals surface area (Å²) < 4.78 is 1.10. The standard InChI is InChI=1S/C23H18N4O3/c24-23(30)18-9-3-4-11-19(18)25-21(28)14-27-22(29)13-12-20(26-27)17-10-5-7-15-6-1-2-8-16(15)17/h1-13H,14H2,(H2,24,30)(H,25,28). The molecule has 0 aliphatic rings. The maximum Gasteiger partial charge on any atom is 0.267 e. The van der Waals surface area contributed by atoms with E-state index in [1.54, 1.807) is 24.3 Å². The van der Waals surface area contributed by atoms with Crippen LogP contribution in [-0.4, -0.2) is 21.6 Å². The normalized spacial score (nSPS) is 10.7. The van der Waals surface area contributed by atoms with E-state index >= 15 is 0 Å². The number of anilines is 1. The molecule has 0 atom stereocenters. The lowest BCUT2D eigenvalue weighted by atomic mass is 10.0. The van der Waals surface area contributed by atoms with Crippen molar-refractivity contribution in [3.63, 3.8) is 0 Å². The molecule has 0 aliphatic heterocycles. The second-order valence-electron chi connectivity index (χ2n) is 6.70. The van der Waals surface area contributed by atoms with Gasteiger partial charge in [0.1, 0.15) is 6.54 Å². The summed E-state index contributed by atoms with van der Waals surface area (Å²) in [4.78, 5) is 36.3. The van der Waals surface area contributed by atoms with Gasteiger partial charge in [0.25, 0.3) is 11.5 Å². The van der Waals surface area contributed by atoms with Gasteiger partial charge in [0, 0.05) is 11.6 Å². The predicted molar refractivity (Wildman–Crippen MR) is 115 cm³/mol. The highest BCUT2D eigenvalue weighted by molar-refractivity contribution is 6.03. The second kappa shape index (κ2) is 8.00. The van der Waals surface area contributed by atoms with Gasteiger partial charge < -0.3 is 11.1 Å². The van der Waals surface area contributed by atoms with Crippen LogP contribution in [0, 0.1) is 0 Å². The number of hydrogen-bond donors (Lipinski definition) is 2. The summed E-state index contributed by atoms with van der Waals surface area (Å²) in [7, 11) is 0. The quantitative estimate of drug-likeness (QED) is 0.539. The molecule has 1 aromatic heterocycles. The minimum absolute atomic E-state index is 0.190. The molecule has 3 aromatic carbocycles. The zero-order valence-corrected chi connectivity index (χ0v) is 15.9. The number of primary amides is 1. The fraction of sp³-hybridized carbons (Fsp3) is 0.0435. The van der Waals surface area contributed by atoms with Crippen molar-refractivity contribution >= 4 is 28.3 Å².